The maximum atomic E-state index is 12.0. The summed E-state index contributed by atoms with van der Waals surface area (Å²) in [6.07, 6.45) is 4.22. The number of hydrogen-bond donors (Lipinski definition) is 1. The summed E-state index contributed by atoms with van der Waals surface area (Å²) in [6, 6.07) is 7.67. The van der Waals surface area contributed by atoms with Gasteiger partial charge in [0, 0.05) is 30.1 Å². The van der Waals surface area contributed by atoms with E-state index in [2.05, 4.69) is 15.9 Å². The van der Waals surface area contributed by atoms with Crippen molar-refractivity contribution in [3.63, 3.8) is 0 Å². The first-order valence-electron chi connectivity index (χ1n) is 6.49. The second kappa shape index (κ2) is 6.70. The van der Waals surface area contributed by atoms with Crippen molar-refractivity contribution in [1.29, 1.82) is 0 Å². The van der Waals surface area contributed by atoms with Crippen LogP contribution in [-0.2, 0) is 9.59 Å². The van der Waals surface area contributed by atoms with Crippen LogP contribution < -0.4 is 0 Å². The Bertz CT molecular complexity index is 542. The maximum Gasteiger partial charge on any atom is 0.303 e. The molecule has 1 aliphatic rings. The van der Waals surface area contributed by atoms with E-state index in [-0.39, 0.29) is 18.2 Å². The molecule has 0 spiro atoms. The highest BCUT2D eigenvalue weighted by molar-refractivity contribution is 9.10. The van der Waals surface area contributed by atoms with Gasteiger partial charge in [-0.2, -0.15) is 0 Å². The van der Waals surface area contributed by atoms with Gasteiger partial charge in [-0.1, -0.05) is 34.1 Å². The molecule has 20 heavy (non-hydrogen) atoms. The van der Waals surface area contributed by atoms with Crippen molar-refractivity contribution in [3.8, 4) is 0 Å². The van der Waals surface area contributed by atoms with Crippen LogP contribution >= 0.6 is 15.9 Å². The first-order chi connectivity index (χ1) is 9.56. The minimum Gasteiger partial charge on any atom is -0.481 e. The molecule has 0 aromatic heterocycles. The van der Waals surface area contributed by atoms with Gasteiger partial charge in [0.15, 0.2) is 0 Å². The molecule has 1 fully saturated rings. The van der Waals surface area contributed by atoms with Gasteiger partial charge in [-0.25, -0.2) is 0 Å². The van der Waals surface area contributed by atoms with Gasteiger partial charge < -0.3 is 10.0 Å². The van der Waals surface area contributed by atoms with Crippen molar-refractivity contribution in [1.82, 2.24) is 4.90 Å². The number of likely N-dealkylation sites (tertiary alicyclic amines) is 1. The monoisotopic (exact) mass is 337 g/mol. The number of hydrogen-bond acceptors (Lipinski definition) is 2. The van der Waals surface area contributed by atoms with E-state index in [1.54, 1.807) is 17.1 Å². The Labute approximate surface area is 126 Å². The van der Waals surface area contributed by atoms with Crippen molar-refractivity contribution in [2.45, 2.75) is 12.8 Å². The van der Waals surface area contributed by atoms with Crippen LogP contribution in [0.4, 0.5) is 0 Å². The number of aliphatic carboxylic acids is 1. The SMILES string of the molecule is O=C(O)CC1CCN(C(=O)C=Cc2ccccc2Br)C1. The molecular weight excluding hydrogens is 322 g/mol. The van der Waals surface area contributed by atoms with Crippen molar-refractivity contribution in [2.75, 3.05) is 13.1 Å². The normalized spacial score (nSPS) is 18.6. The summed E-state index contributed by atoms with van der Waals surface area (Å²) in [4.78, 5) is 24.4. The van der Waals surface area contributed by atoms with Crippen LogP contribution in [0.3, 0.4) is 0 Å². The molecule has 1 heterocycles. The fourth-order valence-corrected chi connectivity index (χ4v) is 2.74. The summed E-state index contributed by atoms with van der Waals surface area (Å²) in [7, 11) is 0. The summed E-state index contributed by atoms with van der Waals surface area (Å²) in [6.45, 7) is 1.17. The molecule has 1 aliphatic heterocycles. The van der Waals surface area contributed by atoms with Crippen molar-refractivity contribution < 1.29 is 14.7 Å². The second-order valence-electron chi connectivity index (χ2n) is 4.89. The summed E-state index contributed by atoms with van der Waals surface area (Å²) < 4.78 is 0.939. The molecule has 1 amide bonds. The number of nitrogens with zero attached hydrogens (tertiary/aromatic N) is 1. The Hall–Kier alpha value is -1.62. The largest absolute Gasteiger partial charge is 0.481 e. The van der Waals surface area contributed by atoms with Gasteiger partial charge in [-0.15, -0.1) is 0 Å². The zero-order chi connectivity index (χ0) is 14.5. The lowest BCUT2D eigenvalue weighted by molar-refractivity contribution is -0.138. The number of rotatable bonds is 4. The molecule has 0 bridgehead atoms. The summed E-state index contributed by atoms with van der Waals surface area (Å²) >= 11 is 3.43. The molecule has 0 radical (unpaired) electrons. The topological polar surface area (TPSA) is 57.6 Å². The molecule has 1 atom stereocenters. The predicted molar refractivity (Wildman–Crippen MR) is 80.1 cm³/mol. The van der Waals surface area contributed by atoms with Gasteiger partial charge in [-0.3, -0.25) is 9.59 Å². The van der Waals surface area contributed by atoms with E-state index in [0.29, 0.717) is 13.1 Å². The number of carbonyl (C=O) groups excluding carboxylic acids is 1. The van der Waals surface area contributed by atoms with Crippen LogP contribution in [0, 0.1) is 5.92 Å². The van der Waals surface area contributed by atoms with Crippen molar-refractivity contribution in [2.24, 2.45) is 5.92 Å². The molecule has 1 N–H and O–H groups in total. The highest BCUT2D eigenvalue weighted by Gasteiger charge is 2.26. The molecule has 106 valence electrons. The molecule has 5 heteroatoms. The summed E-state index contributed by atoms with van der Waals surface area (Å²) in [5.74, 6) is -0.782. The van der Waals surface area contributed by atoms with E-state index in [1.807, 2.05) is 24.3 Å². The molecule has 0 aliphatic carbocycles. The Morgan fingerprint density at radius 3 is 2.85 bits per heavy atom. The van der Waals surface area contributed by atoms with Gasteiger partial charge in [0.2, 0.25) is 5.91 Å². The van der Waals surface area contributed by atoms with Gasteiger partial charge >= 0.3 is 5.97 Å². The standard InChI is InChI=1S/C15H16BrNO3/c16-13-4-2-1-3-12(13)5-6-14(18)17-8-7-11(10-17)9-15(19)20/h1-6,11H,7-10H2,(H,19,20). The summed E-state index contributed by atoms with van der Waals surface area (Å²) in [5, 5.41) is 8.76. The zero-order valence-corrected chi connectivity index (χ0v) is 12.5. The first-order valence-corrected chi connectivity index (χ1v) is 7.29. The van der Waals surface area contributed by atoms with Gasteiger partial charge in [0.05, 0.1) is 0 Å². The predicted octanol–water partition coefficient (Wildman–Crippen LogP) is 2.79. The third kappa shape index (κ3) is 3.93. The van der Waals surface area contributed by atoms with E-state index in [9.17, 15) is 9.59 Å². The van der Waals surface area contributed by atoms with E-state index in [1.165, 1.54) is 0 Å². The van der Waals surface area contributed by atoms with Crippen LogP contribution in [-0.4, -0.2) is 35.0 Å². The zero-order valence-electron chi connectivity index (χ0n) is 11.0. The average Bonchev–Trinajstić information content (AvgIpc) is 2.85. The van der Waals surface area contributed by atoms with E-state index < -0.39 is 5.97 Å². The minimum atomic E-state index is -0.798. The molecular formula is C15H16BrNO3. The molecule has 1 aromatic carbocycles. The van der Waals surface area contributed by atoms with Gasteiger partial charge in [-0.05, 0) is 30.0 Å². The Morgan fingerprint density at radius 2 is 2.15 bits per heavy atom. The van der Waals surface area contributed by atoms with Crippen LogP contribution in [0.1, 0.15) is 18.4 Å². The Kier molecular flexibility index (Phi) is 4.95. The lowest BCUT2D eigenvalue weighted by Gasteiger charge is -2.13. The van der Waals surface area contributed by atoms with Gasteiger partial charge in [0.25, 0.3) is 0 Å². The van der Waals surface area contributed by atoms with Crippen LogP contribution in [0.15, 0.2) is 34.8 Å². The minimum absolute atomic E-state index is 0.0614. The lowest BCUT2D eigenvalue weighted by Crippen LogP contribution is -2.27. The summed E-state index contributed by atoms with van der Waals surface area (Å²) in [5.41, 5.74) is 0.946. The third-order valence-corrected chi connectivity index (χ3v) is 4.09. The van der Waals surface area contributed by atoms with E-state index >= 15 is 0 Å². The van der Waals surface area contributed by atoms with Crippen molar-refractivity contribution in [3.05, 3.63) is 40.4 Å². The highest BCUT2D eigenvalue weighted by Crippen LogP contribution is 2.21. The lowest BCUT2D eigenvalue weighted by atomic mass is 10.1. The fourth-order valence-electron chi connectivity index (χ4n) is 2.32. The van der Waals surface area contributed by atoms with Gasteiger partial charge in [0.1, 0.15) is 0 Å². The third-order valence-electron chi connectivity index (χ3n) is 3.37. The number of carbonyl (C=O) groups is 2. The fraction of sp³-hybridized carbons (Fsp3) is 0.333. The highest BCUT2D eigenvalue weighted by atomic mass is 79.9. The van der Waals surface area contributed by atoms with E-state index in [0.717, 1.165) is 16.5 Å². The number of amides is 1. The Morgan fingerprint density at radius 1 is 1.40 bits per heavy atom. The average molecular weight is 338 g/mol. The number of carboxylic acid groups (broad SMARTS) is 1. The molecule has 1 unspecified atom stereocenters. The smallest absolute Gasteiger partial charge is 0.303 e. The number of benzene rings is 1. The van der Waals surface area contributed by atoms with Crippen LogP contribution in [0.5, 0.6) is 0 Å². The van der Waals surface area contributed by atoms with Crippen LogP contribution in [0.2, 0.25) is 0 Å². The second-order valence-corrected chi connectivity index (χ2v) is 5.75. The van der Waals surface area contributed by atoms with Crippen LogP contribution in [0.25, 0.3) is 6.08 Å². The molecule has 2 rings (SSSR count). The number of halogens is 1. The number of carboxylic acids is 1. The molecule has 1 saturated heterocycles. The quantitative estimate of drug-likeness (QED) is 0.859. The molecule has 1 aromatic rings. The maximum absolute atomic E-state index is 12.0. The molecule has 4 nitrogen and oxygen atoms in total. The van der Waals surface area contributed by atoms with E-state index in [4.69, 9.17) is 5.11 Å². The molecule has 0 saturated carbocycles. The first kappa shape index (κ1) is 14.8. The van der Waals surface area contributed by atoms with Crippen molar-refractivity contribution >= 4 is 33.9 Å². The Balaban J connectivity index is 1.93.